The van der Waals surface area contributed by atoms with Crippen LogP contribution in [-0.4, -0.2) is 18.5 Å². The highest BCUT2D eigenvalue weighted by Gasteiger charge is 2.24. The molecule has 2 atom stereocenters. The summed E-state index contributed by atoms with van der Waals surface area (Å²) in [4.78, 5) is 13.1. The lowest BCUT2D eigenvalue weighted by molar-refractivity contribution is -0.121. The monoisotopic (exact) mass is 300 g/mol. The fourth-order valence-electron chi connectivity index (χ4n) is 2.35. The van der Waals surface area contributed by atoms with Gasteiger partial charge in [-0.1, -0.05) is 18.5 Å². The van der Waals surface area contributed by atoms with Crippen molar-refractivity contribution in [3.05, 3.63) is 20.8 Å². The van der Waals surface area contributed by atoms with Crippen LogP contribution in [0.4, 0.5) is 0 Å². The summed E-state index contributed by atoms with van der Waals surface area (Å²) in [6.45, 7) is 4.82. The van der Waals surface area contributed by atoms with Crippen LogP contribution in [0.15, 0.2) is 6.07 Å². The summed E-state index contributed by atoms with van der Waals surface area (Å²) in [7, 11) is 0. The molecule has 0 bridgehead atoms. The van der Waals surface area contributed by atoms with Crippen LogP contribution < -0.4 is 10.6 Å². The van der Waals surface area contributed by atoms with Crippen LogP contribution in [0.1, 0.15) is 49.6 Å². The van der Waals surface area contributed by atoms with E-state index in [0.717, 1.165) is 30.1 Å². The largest absolute Gasteiger partial charge is 0.354 e. The van der Waals surface area contributed by atoms with E-state index in [1.807, 2.05) is 6.92 Å². The first-order chi connectivity index (χ1) is 9.10. The molecule has 1 aromatic heterocycles. The molecule has 0 fully saturated rings. The van der Waals surface area contributed by atoms with Gasteiger partial charge in [0.25, 0.3) is 0 Å². The third-order valence-corrected chi connectivity index (χ3v) is 4.95. The van der Waals surface area contributed by atoms with E-state index < -0.39 is 0 Å². The topological polar surface area (TPSA) is 41.1 Å². The van der Waals surface area contributed by atoms with Gasteiger partial charge >= 0.3 is 0 Å². The molecule has 0 radical (unpaired) electrons. The molecule has 1 heterocycles. The molecule has 1 aromatic rings. The molecule has 0 aromatic carbocycles. The zero-order valence-corrected chi connectivity index (χ0v) is 13.0. The minimum Gasteiger partial charge on any atom is -0.354 e. The highest BCUT2D eigenvalue weighted by Crippen LogP contribution is 2.39. The van der Waals surface area contributed by atoms with E-state index >= 15 is 0 Å². The number of halogens is 1. The lowest BCUT2D eigenvalue weighted by Gasteiger charge is -2.14. The van der Waals surface area contributed by atoms with Gasteiger partial charge in [0.2, 0.25) is 5.91 Å². The van der Waals surface area contributed by atoms with Gasteiger partial charge in [0.05, 0.1) is 4.34 Å². The van der Waals surface area contributed by atoms with Crippen LogP contribution in [0.5, 0.6) is 0 Å². The smallest absolute Gasteiger partial charge is 0.221 e. The van der Waals surface area contributed by atoms with Crippen LogP contribution >= 0.6 is 22.9 Å². The van der Waals surface area contributed by atoms with E-state index in [1.165, 1.54) is 10.4 Å². The normalized spacial score (nSPS) is 19.2. The second kappa shape index (κ2) is 6.73. The van der Waals surface area contributed by atoms with Crippen LogP contribution in [0.2, 0.25) is 4.34 Å². The Labute approximate surface area is 123 Å². The average Bonchev–Trinajstić information content (AvgIpc) is 2.89. The Morgan fingerprint density at radius 2 is 2.42 bits per heavy atom. The van der Waals surface area contributed by atoms with E-state index in [-0.39, 0.29) is 11.9 Å². The Balaban J connectivity index is 1.74. The molecule has 19 heavy (non-hydrogen) atoms. The molecule has 1 aliphatic carbocycles. The van der Waals surface area contributed by atoms with Crippen molar-refractivity contribution in [2.45, 2.75) is 51.6 Å². The van der Waals surface area contributed by atoms with E-state index in [1.54, 1.807) is 11.3 Å². The molecule has 0 aliphatic heterocycles. The van der Waals surface area contributed by atoms with Gasteiger partial charge in [-0.05, 0) is 37.8 Å². The minimum atomic E-state index is 0.128. The van der Waals surface area contributed by atoms with Crippen LogP contribution in [0, 0.1) is 0 Å². The van der Waals surface area contributed by atoms with Crippen molar-refractivity contribution in [2.75, 3.05) is 6.54 Å². The summed E-state index contributed by atoms with van der Waals surface area (Å²) in [6, 6.07) is 2.70. The Morgan fingerprint density at radius 3 is 3.16 bits per heavy atom. The van der Waals surface area contributed by atoms with Crippen molar-refractivity contribution in [1.29, 1.82) is 0 Å². The Hall–Kier alpha value is -0.580. The zero-order chi connectivity index (χ0) is 13.8. The molecule has 2 N–H and O–H groups in total. The second-order valence-electron chi connectivity index (χ2n) is 5.10. The number of thiophene rings is 1. The van der Waals surface area contributed by atoms with Gasteiger partial charge in [0.1, 0.15) is 0 Å². The first kappa shape index (κ1) is 14.8. The lowest BCUT2D eigenvalue weighted by Crippen LogP contribution is -2.34. The summed E-state index contributed by atoms with van der Waals surface area (Å²) in [6.07, 6.45) is 3.72. The molecule has 2 unspecified atom stereocenters. The molecular weight excluding hydrogens is 280 g/mol. The molecule has 5 heteroatoms. The highest BCUT2D eigenvalue weighted by atomic mass is 35.5. The fourth-order valence-corrected chi connectivity index (χ4v) is 3.71. The van der Waals surface area contributed by atoms with Crippen molar-refractivity contribution in [3.63, 3.8) is 0 Å². The van der Waals surface area contributed by atoms with Crippen molar-refractivity contribution >= 4 is 28.8 Å². The maximum atomic E-state index is 11.7. The maximum Gasteiger partial charge on any atom is 0.221 e. The summed E-state index contributed by atoms with van der Waals surface area (Å²) in [5, 5.41) is 6.44. The minimum absolute atomic E-state index is 0.128. The zero-order valence-electron chi connectivity index (χ0n) is 11.5. The predicted molar refractivity (Wildman–Crippen MR) is 80.9 cm³/mol. The summed E-state index contributed by atoms with van der Waals surface area (Å²) in [5.41, 5.74) is 1.33. The van der Waals surface area contributed by atoms with Gasteiger partial charge in [0.15, 0.2) is 0 Å². The predicted octanol–water partition coefficient (Wildman–Crippen LogP) is 3.28. The molecular formula is C14H21ClN2OS. The number of rotatable bonds is 6. The molecule has 2 rings (SSSR count). The van der Waals surface area contributed by atoms with E-state index in [2.05, 4.69) is 23.6 Å². The quantitative estimate of drug-likeness (QED) is 0.846. The number of hydrogen-bond donors (Lipinski definition) is 2. The van der Waals surface area contributed by atoms with Gasteiger partial charge in [-0.2, -0.15) is 0 Å². The third kappa shape index (κ3) is 3.94. The molecule has 3 nitrogen and oxygen atoms in total. The lowest BCUT2D eigenvalue weighted by atomic mass is 10.1. The fraction of sp³-hybridized carbons (Fsp3) is 0.643. The van der Waals surface area contributed by atoms with Crippen molar-refractivity contribution in [3.8, 4) is 0 Å². The second-order valence-corrected chi connectivity index (χ2v) is 6.87. The first-order valence-corrected chi connectivity index (χ1v) is 8.10. The average molecular weight is 301 g/mol. The number of amides is 1. The van der Waals surface area contributed by atoms with E-state index in [4.69, 9.17) is 11.6 Å². The van der Waals surface area contributed by atoms with Crippen LogP contribution in [-0.2, 0) is 11.2 Å². The van der Waals surface area contributed by atoms with Crippen molar-refractivity contribution in [2.24, 2.45) is 0 Å². The summed E-state index contributed by atoms with van der Waals surface area (Å²) >= 11 is 7.71. The molecule has 106 valence electrons. The number of aryl methyl sites for hydroxylation is 1. The van der Waals surface area contributed by atoms with Crippen LogP contribution in [0.3, 0.4) is 0 Å². The summed E-state index contributed by atoms with van der Waals surface area (Å²) < 4.78 is 0.867. The van der Waals surface area contributed by atoms with Gasteiger partial charge in [0, 0.05) is 29.9 Å². The van der Waals surface area contributed by atoms with Gasteiger partial charge in [-0.15, -0.1) is 11.3 Å². The standard InChI is InChI=1S/C14H21ClN2OS/c1-3-9(2)17-14(18)6-7-16-11-4-5-12-10(11)8-13(15)19-12/h8-9,11,16H,3-7H2,1-2H3,(H,17,18). The van der Waals surface area contributed by atoms with Crippen LogP contribution in [0.25, 0.3) is 0 Å². The molecule has 0 saturated carbocycles. The van der Waals surface area contributed by atoms with Gasteiger partial charge in [-0.3, -0.25) is 4.79 Å². The molecule has 1 aliphatic rings. The maximum absolute atomic E-state index is 11.7. The van der Waals surface area contributed by atoms with E-state index in [9.17, 15) is 4.79 Å². The van der Waals surface area contributed by atoms with Crippen molar-refractivity contribution < 1.29 is 4.79 Å². The highest BCUT2D eigenvalue weighted by molar-refractivity contribution is 7.16. The SMILES string of the molecule is CCC(C)NC(=O)CCNC1CCc2sc(Cl)cc21. The Kier molecular flexibility index (Phi) is 5.25. The number of carbonyl (C=O) groups excluding carboxylic acids is 1. The number of hydrogen-bond acceptors (Lipinski definition) is 3. The van der Waals surface area contributed by atoms with E-state index in [0.29, 0.717) is 12.5 Å². The third-order valence-electron chi connectivity index (χ3n) is 3.61. The number of carbonyl (C=O) groups is 1. The van der Waals surface area contributed by atoms with Gasteiger partial charge in [-0.25, -0.2) is 0 Å². The summed E-state index contributed by atoms with van der Waals surface area (Å²) in [5.74, 6) is 0.128. The number of nitrogens with one attached hydrogen (secondary N) is 2. The Bertz CT molecular complexity index is 447. The Morgan fingerprint density at radius 1 is 1.63 bits per heavy atom. The number of fused-ring (bicyclic) bond motifs is 1. The van der Waals surface area contributed by atoms with Gasteiger partial charge < -0.3 is 10.6 Å². The van der Waals surface area contributed by atoms with Crippen molar-refractivity contribution in [1.82, 2.24) is 10.6 Å². The first-order valence-electron chi connectivity index (χ1n) is 6.91. The molecule has 0 saturated heterocycles. The molecule has 0 spiro atoms. The molecule has 1 amide bonds.